The fourth-order valence-corrected chi connectivity index (χ4v) is 1.56. The topological polar surface area (TPSA) is 55.1 Å². The molecule has 0 saturated heterocycles. The van der Waals surface area contributed by atoms with E-state index < -0.39 is 11.7 Å². The van der Waals surface area contributed by atoms with Crippen LogP contribution in [-0.4, -0.2) is 19.0 Å². The van der Waals surface area contributed by atoms with Gasteiger partial charge in [0, 0.05) is 12.1 Å². The molecular weight excluding hydrogens is 257 g/mol. The highest BCUT2D eigenvalue weighted by atomic mass is 19.4. The third-order valence-electron chi connectivity index (χ3n) is 2.64. The van der Waals surface area contributed by atoms with Gasteiger partial charge in [-0.15, -0.1) is 0 Å². The molecule has 19 heavy (non-hydrogen) atoms. The summed E-state index contributed by atoms with van der Waals surface area (Å²) in [5.41, 5.74) is 4.80. The molecule has 3 N–H and O–H groups in total. The smallest absolute Gasteiger partial charge is 0.352 e. The molecule has 1 aromatic rings. The molecule has 1 rings (SSSR count). The first-order chi connectivity index (χ1) is 8.95. The standard InChI is InChI=1S/C13H17F3N2O/c14-13(15,16)11-6-4-10(5-7-11)12(19)18-9-3-1-2-8-17/h4-7H,1-3,8-9,17H2,(H,18,19). The number of hydrogen-bond donors (Lipinski definition) is 2. The van der Waals surface area contributed by atoms with Crippen LogP contribution in [-0.2, 0) is 6.18 Å². The summed E-state index contributed by atoms with van der Waals surface area (Å²) in [4.78, 5) is 11.6. The van der Waals surface area contributed by atoms with Gasteiger partial charge in [0.2, 0.25) is 0 Å². The minimum atomic E-state index is -4.38. The largest absolute Gasteiger partial charge is 0.416 e. The second-order valence-electron chi connectivity index (χ2n) is 4.18. The third-order valence-corrected chi connectivity index (χ3v) is 2.64. The maximum atomic E-state index is 12.3. The maximum absolute atomic E-state index is 12.3. The van der Waals surface area contributed by atoms with Crippen molar-refractivity contribution in [3.8, 4) is 0 Å². The van der Waals surface area contributed by atoms with E-state index in [0.717, 1.165) is 31.4 Å². The predicted octanol–water partition coefficient (Wildman–Crippen LogP) is 2.56. The van der Waals surface area contributed by atoms with Crippen LogP contribution in [0, 0.1) is 0 Å². The molecule has 3 nitrogen and oxygen atoms in total. The van der Waals surface area contributed by atoms with Gasteiger partial charge in [-0.2, -0.15) is 13.2 Å². The van der Waals surface area contributed by atoms with Crippen molar-refractivity contribution in [1.29, 1.82) is 0 Å². The van der Waals surface area contributed by atoms with Crippen molar-refractivity contribution in [2.75, 3.05) is 13.1 Å². The quantitative estimate of drug-likeness (QED) is 0.783. The number of alkyl halides is 3. The summed E-state index contributed by atoms with van der Waals surface area (Å²) in [5, 5.41) is 2.66. The Morgan fingerprint density at radius 2 is 1.74 bits per heavy atom. The van der Waals surface area contributed by atoms with E-state index in [-0.39, 0.29) is 11.5 Å². The van der Waals surface area contributed by atoms with Crippen LogP contribution in [0.5, 0.6) is 0 Å². The van der Waals surface area contributed by atoms with Crippen LogP contribution in [0.25, 0.3) is 0 Å². The highest BCUT2D eigenvalue weighted by Crippen LogP contribution is 2.28. The first-order valence-electron chi connectivity index (χ1n) is 6.10. The molecule has 0 aliphatic heterocycles. The molecule has 1 aromatic carbocycles. The number of hydrogen-bond acceptors (Lipinski definition) is 2. The summed E-state index contributed by atoms with van der Waals surface area (Å²) < 4.78 is 37.0. The molecule has 106 valence electrons. The van der Waals surface area contributed by atoms with Crippen LogP contribution in [0.3, 0.4) is 0 Å². The normalized spacial score (nSPS) is 11.4. The molecule has 0 heterocycles. The SMILES string of the molecule is NCCCCCNC(=O)c1ccc(C(F)(F)F)cc1. The van der Waals surface area contributed by atoms with E-state index >= 15 is 0 Å². The van der Waals surface area contributed by atoms with Gasteiger partial charge in [0.15, 0.2) is 0 Å². The zero-order chi connectivity index (χ0) is 14.3. The first-order valence-corrected chi connectivity index (χ1v) is 6.10. The van der Waals surface area contributed by atoms with Gasteiger partial charge in [0.1, 0.15) is 0 Å². The highest BCUT2D eigenvalue weighted by Gasteiger charge is 2.30. The van der Waals surface area contributed by atoms with Crippen molar-refractivity contribution in [3.63, 3.8) is 0 Å². The molecule has 0 atom stereocenters. The molecule has 0 unspecified atom stereocenters. The lowest BCUT2D eigenvalue weighted by molar-refractivity contribution is -0.137. The Balaban J connectivity index is 2.45. The second kappa shape index (κ2) is 7.13. The summed E-state index contributed by atoms with van der Waals surface area (Å²) in [6, 6.07) is 4.17. The summed E-state index contributed by atoms with van der Waals surface area (Å²) >= 11 is 0. The average molecular weight is 274 g/mol. The number of carbonyl (C=O) groups excluding carboxylic acids is 1. The van der Waals surface area contributed by atoms with Gasteiger partial charge in [0.05, 0.1) is 5.56 Å². The average Bonchev–Trinajstić information content (AvgIpc) is 2.37. The highest BCUT2D eigenvalue weighted by molar-refractivity contribution is 5.94. The van der Waals surface area contributed by atoms with Crippen LogP contribution >= 0.6 is 0 Å². The van der Waals surface area contributed by atoms with Crippen LogP contribution in [0.1, 0.15) is 35.2 Å². The molecular formula is C13H17F3N2O. The third kappa shape index (κ3) is 5.30. The Morgan fingerprint density at radius 1 is 1.11 bits per heavy atom. The predicted molar refractivity (Wildman–Crippen MR) is 66.7 cm³/mol. The van der Waals surface area contributed by atoms with E-state index in [4.69, 9.17) is 5.73 Å². The van der Waals surface area contributed by atoms with E-state index in [1.807, 2.05) is 0 Å². The molecule has 0 spiro atoms. The Bertz CT molecular complexity index is 401. The van der Waals surface area contributed by atoms with Gasteiger partial charge in [-0.05, 0) is 43.7 Å². The van der Waals surface area contributed by atoms with Gasteiger partial charge >= 0.3 is 6.18 Å². The molecule has 0 fully saturated rings. The molecule has 0 aliphatic rings. The molecule has 1 amide bonds. The number of benzene rings is 1. The molecule has 6 heteroatoms. The number of nitrogens with one attached hydrogen (secondary N) is 1. The van der Waals surface area contributed by atoms with Crippen LogP contribution < -0.4 is 11.1 Å². The monoisotopic (exact) mass is 274 g/mol. The van der Waals surface area contributed by atoms with Crippen LogP contribution in [0.2, 0.25) is 0 Å². The van der Waals surface area contributed by atoms with Crippen molar-refractivity contribution in [3.05, 3.63) is 35.4 Å². The summed E-state index contributed by atoms with van der Waals surface area (Å²) in [6.45, 7) is 1.12. The zero-order valence-corrected chi connectivity index (χ0v) is 10.5. The molecule has 0 radical (unpaired) electrons. The van der Waals surface area contributed by atoms with Crippen molar-refractivity contribution in [2.24, 2.45) is 5.73 Å². The van der Waals surface area contributed by atoms with Crippen molar-refractivity contribution >= 4 is 5.91 Å². The Hall–Kier alpha value is -1.56. The van der Waals surface area contributed by atoms with Crippen molar-refractivity contribution in [1.82, 2.24) is 5.32 Å². The molecule has 0 aliphatic carbocycles. The molecule has 0 saturated carbocycles. The van der Waals surface area contributed by atoms with E-state index in [9.17, 15) is 18.0 Å². The van der Waals surface area contributed by atoms with Crippen molar-refractivity contribution < 1.29 is 18.0 Å². The van der Waals surface area contributed by atoms with E-state index in [2.05, 4.69) is 5.32 Å². The fourth-order valence-electron chi connectivity index (χ4n) is 1.56. The summed E-state index contributed by atoms with van der Waals surface area (Å²) in [5.74, 6) is -0.360. The minimum absolute atomic E-state index is 0.229. The van der Waals surface area contributed by atoms with Gasteiger partial charge in [-0.3, -0.25) is 4.79 Å². The zero-order valence-electron chi connectivity index (χ0n) is 10.5. The number of amides is 1. The van der Waals surface area contributed by atoms with E-state index in [0.29, 0.717) is 13.1 Å². The molecule has 0 bridgehead atoms. The summed E-state index contributed by atoms with van der Waals surface area (Å²) in [7, 11) is 0. The number of rotatable bonds is 6. The Labute approximate surface area is 110 Å². The number of halogens is 3. The van der Waals surface area contributed by atoms with E-state index in [1.54, 1.807) is 0 Å². The Kier molecular flexibility index (Phi) is 5.82. The molecule has 0 aromatic heterocycles. The number of unbranched alkanes of at least 4 members (excludes halogenated alkanes) is 2. The van der Waals surface area contributed by atoms with Crippen molar-refractivity contribution in [2.45, 2.75) is 25.4 Å². The lowest BCUT2D eigenvalue weighted by Crippen LogP contribution is -2.24. The van der Waals surface area contributed by atoms with Gasteiger partial charge < -0.3 is 11.1 Å². The Morgan fingerprint density at radius 3 is 2.26 bits per heavy atom. The number of carbonyl (C=O) groups is 1. The van der Waals surface area contributed by atoms with Gasteiger partial charge in [-0.25, -0.2) is 0 Å². The maximum Gasteiger partial charge on any atom is 0.416 e. The number of nitrogens with two attached hydrogens (primary N) is 1. The minimum Gasteiger partial charge on any atom is -0.352 e. The van der Waals surface area contributed by atoms with Crippen LogP contribution in [0.15, 0.2) is 24.3 Å². The van der Waals surface area contributed by atoms with E-state index in [1.165, 1.54) is 12.1 Å². The first kappa shape index (κ1) is 15.5. The van der Waals surface area contributed by atoms with Gasteiger partial charge in [-0.1, -0.05) is 6.42 Å². The fraction of sp³-hybridized carbons (Fsp3) is 0.462. The lowest BCUT2D eigenvalue weighted by Gasteiger charge is -2.08. The lowest BCUT2D eigenvalue weighted by atomic mass is 10.1. The van der Waals surface area contributed by atoms with Crippen LogP contribution in [0.4, 0.5) is 13.2 Å². The summed E-state index contributed by atoms with van der Waals surface area (Å²) in [6.07, 6.45) is -1.75. The van der Waals surface area contributed by atoms with Gasteiger partial charge in [0.25, 0.3) is 5.91 Å². The second-order valence-corrected chi connectivity index (χ2v) is 4.18.